The molecule has 0 bridgehead atoms. The topological polar surface area (TPSA) is 84.2 Å². The van der Waals surface area contributed by atoms with Crippen molar-refractivity contribution in [1.29, 1.82) is 0 Å². The minimum Gasteiger partial charge on any atom is -0.354 e. The van der Waals surface area contributed by atoms with Crippen molar-refractivity contribution in [2.24, 2.45) is 5.73 Å². The molecule has 5 heteroatoms. The molecule has 15 heavy (non-hydrogen) atoms. The molecule has 86 valence electrons. The molecule has 1 fully saturated rings. The number of amides is 2. The monoisotopic (exact) mass is 213 g/mol. The number of carbonyl (C=O) groups excluding carboxylic acids is 2. The summed E-state index contributed by atoms with van der Waals surface area (Å²) in [7, 11) is 0. The van der Waals surface area contributed by atoms with E-state index in [1.165, 1.54) is 0 Å². The Morgan fingerprint density at radius 1 is 1.53 bits per heavy atom. The molecule has 0 aromatic rings. The molecule has 4 N–H and O–H groups in total. The molecule has 0 aromatic heterocycles. The second kappa shape index (κ2) is 6.40. The fraction of sp³-hybridized carbons (Fsp3) is 0.800. The Bertz CT molecular complexity index is 231. The molecule has 0 aromatic carbocycles. The lowest BCUT2D eigenvalue weighted by Crippen LogP contribution is -2.45. The Labute approximate surface area is 89.8 Å². The molecule has 1 unspecified atom stereocenters. The van der Waals surface area contributed by atoms with Crippen LogP contribution in [-0.4, -0.2) is 30.9 Å². The van der Waals surface area contributed by atoms with E-state index in [2.05, 4.69) is 10.6 Å². The maximum absolute atomic E-state index is 11.5. The van der Waals surface area contributed by atoms with Crippen LogP contribution in [0.5, 0.6) is 0 Å². The quantitative estimate of drug-likeness (QED) is 0.589. The van der Waals surface area contributed by atoms with E-state index in [0.717, 1.165) is 19.3 Å². The Kier molecular flexibility index (Phi) is 5.10. The largest absolute Gasteiger partial charge is 0.354 e. The van der Waals surface area contributed by atoms with E-state index in [1.54, 1.807) is 0 Å². The maximum atomic E-state index is 11.5. The second-order valence-electron chi connectivity index (χ2n) is 3.80. The van der Waals surface area contributed by atoms with Crippen LogP contribution < -0.4 is 16.4 Å². The van der Waals surface area contributed by atoms with Crippen molar-refractivity contribution in [3.05, 3.63) is 0 Å². The van der Waals surface area contributed by atoms with E-state index < -0.39 is 0 Å². The normalized spacial score (nSPS) is 21.7. The van der Waals surface area contributed by atoms with Crippen LogP contribution >= 0.6 is 0 Å². The van der Waals surface area contributed by atoms with Gasteiger partial charge in [-0.05, 0) is 32.2 Å². The van der Waals surface area contributed by atoms with Gasteiger partial charge in [0.2, 0.25) is 11.8 Å². The minimum absolute atomic E-state index is 0.0615. The molecular formula is C10H19N3O2. The van der Waals surface area contributed by atoms with E-state index in [4.69, 9.17) is 5.73 Å². The minimum atomic E-state index is -0.349. The molecule has 0 radical (unpaired) electrons. The van der Waals surface area contributed by atoms with Gasteiger partial charge in [-0.3, -0.25) is 9.59 Å². The smallest absolute Gasteiger partial charge is 0.242 e. The summed E-state index contributed by atoms with van der Waals surface area (Å²) in [6.07, 6.45) is 3.77. The highest BCUT2D eigenvalue weighted by Gasteiger charge is 2.21. The third-order valence-corrected chi connectivity index (χ3v) is 2.48. The summed E-state index contributed by atoms with van der Waals surface area (Å²) in [5.74, 6) is -0.143. The number of rotatable bonds is 4. The molecule has 0 aliphatic carbocycles. The number of nitrogens with one attached hydrogen (secondary N) is 2. The van der Waals surface area contributed by atoms with Gasteiger partial charge in [0, 0.05) is 13.0 Å². The molecule has 1 aliphatic rings. The molecule has 5 nitrogen and oxygen atoms in total. The van der Waals surface area contributed by atoms with Crippen LogP contribution in [0.15, 0.2) is 0 Å². The summed E-state index contributed by atoms with van der Waals surface area (Å²) in [4.78, 5) is 22.9. The van der Waals surface area contributed by atoms with E-state index in [1.807, 2.05) is 0 Å². The summed E-state index contributed by atoms with van der Waals surface area (Å²) in [6, 6.07) is -0.349. The van der Waals surface area contributed by atoms with Crippen molar-refractivity contribution >= 4 is 11.8 Å². The van der Waals surface area contributed by atoms with Crippen LogP contribution in [0.1, 0.15) is 32.1 Å². The first-order chi connectivity index (χ1) is 7.24. The van der Waals surface area contributed by atoms with E-state index >= 15 is 0 Å². The molecule has 1 saturated heterocycles. The third kappa shape index (κ3) is 4.29. The number of hydrogen-bond acceptors (Lipinski definition) is 3. The summed E-state index contributed by atoms with van der Waals surface area (Å²) in [5.41, 5.74) is 5.30. The van der Waals surface area contributed by atoms with E-state index in [9.17, 15) is 9.59 Å². The zero-order chi connectivity index (χ0) is 11.1. The number of nitrogens with two attached hydrogens (primary N) is 1. The van der Waals surface area contributed by atoms with Crippen molar-refractivity contribution in [3.63, 3.8) is 0 Å². The predicted molar refractivity (Wildman–Crippen MR) is 57.1 cm³/mol. The van der Waals surface area contributed by atoms with Crippen LogP contribution in [0.2, 0.25) is 0 Å². The summed E-state index contributed by atoms with van der Waals surface area (Å²) in [6.45, 7) is 1.22. The highest BCUT2D eigenvalue weighted by Crippen LogP contribution is 2.05. The van der Waals surface area contributed by atoms with E-state index in [-0.39, 0.29) is 17.9 Å². The first kappa shape index (κ1) is 12.0. The fourth-order valence-corrected chi connectivity index (χ4v) is 1.61. The van der Waals surface area contributed by atoms with Gasteiger partial charge >= 0.3 is 0 Å². The average molecular weight is 213 g/mol. The molecule has 1 atom stereocenters. The zero-order valence-corrected chi connectivity index (χ0v) is 8.92. The highest BCUT2D eigenvalue weighted by molar-refractivity contribution is 5.87. The first-order valence-electron chi connectivity index (χ1n) is 5.51. The van der Waals surface area contributed by atoms with Crippen molar-refractivity contribution in [3.8, 4) is 0 Å². The van der Waals surface area contributed by atoms with Crippen LogP contribution in [0.3, 0.4) is 0 Å². The maximum Gasteiger partial charge on any atom is 0.242 e. The van der Waals surface area contributed by atoms with Gasteiger partial charge in [0.05, 0.1) is 0 Å². The molecule has 0 saturated carbocycles. The Hall–Kier alpha value is -1.10. The molecule has 2 amide bonds. The average Bonchev–Trinajstić information content (AvgIpc) is 2.42. The van der Waals surface area contributed by atoms with Gasteiger partial charge in [0.25, 0.3) is 0 Å². The molecule has 1 rings (SSSR count). The van der Waals surface area contributed by atoms with E-state index in [0.29, 0.717) is 25.9 Å². The standard InChI is InChI=1S/C10H19N3O2/c11-6-3-5-9(14)13-8-4-1-2-7-12-10(8)15/h8H,1-7,11H2,(H,12,15)(H,13,14). The van der Waals surface area contributed by atoms with Gasteiger partial charge in [-0.15, -0.1) is 0 Å². The first-order valence-corrected chi connectivity index (χ1v) is 5.51. The molecular weight excluding hydrogens is 194 g/mol. The van der Waals surface area contributed by atoms with Gasteiger partial charge in [-0.1, -0.05) is 0 Å². The number of carbonyl (C=O) groups is 2. The van der Waals surface area contributed by atoms with Crippen LogP contribution in [-0.2, 0) is 9.59 Å². The molecule has 1 heterocycles. The number of hydrogen-bond donors (Lipinski definition) is 3. The lowest BCUT2D eigenvalue weighted by atomic mass is 10.1. The molecule has 0 spiro atoms. The SMILES string of the molecule is NCCCC(=O)NC1CCCCNC1=O. The van der Waals surface area contributed by atoms with Crippen LogP contribution in [0.4, 0.5) is 0 Å². The lowest BCUT2D eigenvalue weighted by Gasteiger charge is -2.14. The Balaban J connectivity index is 2.34. The summed E-state index contributed by atoms with van der Waals surface area (Å²) >= 11 is 0. The summed E-state index contributed by atoms with van der Waals surface area (Å²) < 4.78 is 0. The predicted octanol–water partition coefficient (Wildman–Crippen LogP) is -0.490. The second-order valence-corrected chi connectivity index (χ2v) is 3.80. The molecule has 1 aliphatic heterocycles. The van der Waals surface area contributed by atoms with Crippen LogP contribution in [0.25, 0.3) is 0 Å². The van der Waals surface area contributed by atoms with Crippen molar-refractivity contribution in [2.45, 2.75) is 38.1 Å². The summed E-state index contributed by atoms with van der Waals surface area (Å²) in [5, 5.41) is 5.51. The van der Waals surface area contributed by atoms with Gasteiger partial charge in [0.1, 0.15) is 6.04 Å². The third-order valence-electron chi connectivity index (χ3n) is 2.48. The highest BCUT2D eigenvalue weighted by atomic mass is 16.2. The van der Waals surface area contributed by atoms with Gasteiger partial charge < -0.3 is 16.4 Å². The van der Waals surface area contributed by atoms with Crippen LogP contribution in [0, 0.1) is 0 Å². The lowest BCUT2D eigenvalue weighted by molar-refractivity contribution is -0.128. The van der Waals surface area contributed by atoms with Crippen molar-refractivity contribution in [1.82, 2.24) is 10.6 Å². The Morgan fingerprint density at radius 3 is 3.07 bits per heavy atom. The van der Waals surface area contributed by atoms with Crippen molar-refractivity contribution in [2.75, 3.05) is 13.1 Å². The van der Waals surface area contributed by atoms with Gasteiger partial charge in [0.15, 0.2) is 0 Å². The zero-order valence-electron chi connectivity index (χ0n) is 8.92. The van der Waals surface area contributed by atoms with Gasteiger partial charge in [-0.25, -0.2) is 0 Å². The van der Waals surface area contributed by atoms with Gasteiger partial charge in [-0.2, -0.15) is 0 Å². The fourth-order valence-electron chi connectivity index (χ4n) is 1.61. The Morgan fingerprint density at radius 2 is 2.33 bits per heavy atom. The van der Waals surface area contributed by atoms with Crippen molar-refractivity contribution < 1.29 is 9.59 Å².